The van der Waals surface area contributed by atoms with Crippen LogP contribution in [0, 0.1) is 12.9 Å². The zero-order valence-corrected chi connectivity index (χ0v) is 14.3. The maximum atomic E-state index is 13.9. The summed E-state index contributed by atoms with van der Waals surface area (Å²) < 4.78 is 17.0. The quantitative estimate of drug-likeness (QED) is 0.549. The molecule has 1 N–H and O–H groups in total. The van der Waals surface area contributed by atoms with Crippen LogP contribution >= 0.6 is 0 Å². The Hall–Kier alpha value is -3.10. The lowest BCUT2D eigenvalue weighted by Crippen LogP contribution is -2.01. The van der Waals surface area contributed by atoms with Crippen molar-refractivity contribution in [3.8, 4) is 11.3 Å². The average molecular weight is 342 g/mol. The molecule has 0 radical (unpaired) electrons. The average Bonchev–Trinajstić information content (AvgIpc) is 3.18. The summed E-state index contributed by atoms with van der Waals surface area (Å²) in [7, 11) is 0. The maximum Gasteiger partial charge on any atom is 0.244 e. The number of nitrogens with zero attached hydrogens (tertiary/aromatic N) is 7. The fraction of sp³-hybridized carbons (Fsp3) is 0.312. The minimum Gasteiger partial charge on any atom is -0.272 e. The van der Waals surface area contributed by atoms with E-state index in [-0.39, 0.29) is 0 Å². The Labute approximate surface area is 144 Å². The third kappa shape index (κ3) is 3.54. The number of hydrogen-bond acceptors (Lipinski definition) is 6. The van der Waals surface area contributed by atoms with E-state index in [0.29, 0.717) is 18.1 Å². The molecule has 0 unspecified atom stereocenters. The van der Waals surface area contributed by atoms with Crippen molar-refractivity contribution in [3.63, 3.8) is 0 Å². The van der Waals surface area contributed by atoms with E-state index in [4.69, 9.17) is 0 Å². The van der Waals surface area contributed by atoms with Crippen molar-refractivity contribution in [2.45, 2.75) is 33.9 Å². The summed E-state index contributed by atoms with van der Waals surface area (Å²) in [5.74, 6) is -0.106. The lowest BCUT2D eigenvalue weighted by Gasteiger charge is -2.01. The predicted octanol–water partition coefficient (Wildman–Crippen LogP) is 2.47. The van der Waals surface area contributed by atoms with E-state index in [0.717, 1.165) is 23.5 Å². The summed E-state index contributed by atoms with van der Waals surface area (Å²) in [6.45, 7) is 7.03. The molecule has 0 aromatic carbocycles. The van der Waals surface area contributed by atoms with Crippen LogP contribution in [0.3, 0.4) is 0 Å². The molecular weight excluding hydrogens is 323 g/mol. The molecule has 0 amide bonds. The summed E-state index contributed by atoms with van der Waals surface area (Å²) in [6, 6.07) is 1.81. The summed E-state index contributed by atoms with van der Waals surface area (Å²) in [4.78, 5) is 8.54. The molecular formula is C16H19FN8. The number of rotatable bonds is 6. The van der Waals surface area contributed by atoms with Gasteiger partial charge in [-0.2, -0.15) is 19.7 Å². The molecule has 0 aliphatic rings. The molecule has 0 fully saturated rings. The molecule has 130 valence electrons. The number of aromatic nitrogens is 6. The van der Waals surface area contributed by atoms with Gasteiger partial charge in [0.2, 0.25) is 11.9 Å². The largest absolute Gasteiger partial charge is 0.272 e. The van der Waals surface area contributed by atoms with Gasteiger partial charge in [0.1, 0.15) is 0 Å². The van der Waals surface area contributed by atoms with Crippen LogP contribution in [0.4, 0.5) is 10.3 Å². The Balaban J connectivity index is 1.76. The molecule has 0 saturated carbocycles. The van der Waals surface area contributed by atoms with E-state index in [1.807, 2.05) is 37.7 Å². The molecule has 0 spiro atoms. The lowest BCUT2D eigenvalue weighted by atomic mass is 10.2. The van der Waals surface area contributed by atoms with Crippen LogP contribution in [0.25, 0.3) is 11.3 Å². The first kappa shape index (κ1) is 16.7. The zero-order chi connectivity index (χ0) is 17.8. The molecule has 25 heavy (non-hydrogen) atoms. The highest BCUT2D eigenvalue weighted by Crippen LogP contribution is 2.20. The molecule has 3 aromatic rings. The molecule has 3 aromatic heterocycles. The number of aryl methyl sites for hydroxylation is 3. The third-order valence-corrected chi connectivity index (χ3v) is 3.67. The normalized spacial score (nSPS) is 11.4. The number of nitrogens with one attached hydrogen (secondary N) is 1. The van der Waals surface area contributed by atoms with Crippen LogP contribution in [-0.4, -0.2) is 35.7 Å². The Morgan fingerprint density at radius 2 is 2.16 bits per heavy atom. The Kier molecular flexibility index (Phi) is 4.82. The van der Waals surface area contributed by atoms with Crippen molar-refractivity contribution in [2.24, 2.45) is 5.10 Å². The van der Waals surface area contributed by atoms with Gasteiger partial charge in [0, 0.05) is 31.0 Å². The van der Waals surface area contributed by atoms with Gasteiger partial charge in [0.25, 0.3) is 0 Å². The Morgan fingerprint density at radius 1 is 1.32 bits per heavy atom. The second kappa shape index (κ2) is 7.20. The van der Waals surface area contributed by atoms with E-state index >= 15 is 0 Å². The fourth-order valence-electron chi connectivity index (χ4n) is 2.35. The van der Waals surface area contributed by atoms with Crippen molar-refractivity contribution in [1.82, 2.24) is 29.5 Å². The number of hydrazone groups is 1. The third-order valence-electron chi connectivity index (χ3n) is 3.67. The van der Waals surface area contributed by atoms with E-state index in [1.54, 1.807) is 6.20 Å². The Morgan fingerprint density at radius 3 is 2.84 bits per heavy atom. The van der Waals surface area contributed by atoms with Gasteiger partial charge >= 0.3 is 0 Å². The monoisotopic (exact) mass is 342 g/mol. The van der Waals surface area contributed by atoms with Gasteiger partial charge in [0.15, 0.2) is 0 Å². The number of anilines is 1. The SMILES string of the molecule is CCn1cc(-c2ccnc(N/N=C/c3cnn(CC)c3F)n2)c(C)n1. The number of hydrogen-bond donors (Lipinski definition) is 1. The van der Waals surface area contributed by atoms with E-state index < -0.39 is 5.95 Å². The van der Waals surface area contributed by atoms with E-state index in [1.165, 1.54) is 17.1 Å². The van der Waals surface area contributed by atoms with Gasteiger partial charge in [0.05, 0.1) is 29.4 Å². The van der Waals surface area contributed by atoms with Crippen LogP contribution in [0.15, 0.2) is 29.8 Å². The smallest absolute Gasteiger partial charge is 0.244 e. The highest BCUT2D eigenvalue weighted by atomic mass is 19.1. The second-order valence-electron chi connectivity index (χ2n) is 5.33. The van der Waals surface area contributed by atoms with Crippen molar-refractivity contribution in [2.75, 3.05) is 5.43 Å². The van der Waals surface area contributed by atoms with Gasteiger partial charge in [-0.05, 0) is 26.8 Å². The molecule has 3 heterocycles. The Bertz CT molecular complexity index is 895. The first-order valence-electron chi connectivity index (χ1n) is 8.00. The minimum absolute atomic E-state index is 0.297. The number of halogens is 1. The molecule has 0 bridgehead atoms. The maximum absolute atomic E-state index is 13.9. The summed E-state index contributed by atoms with van der Waals surface area (Å²) >= 11 is 0. The van der Waals surface area contributed by atoms with E-state index in [2.05, 4.69) is 30.7 Å². The van der Waals surface area contributed by atoms with Crippen molar-refractivity contribution in [1.29, 1.82) is 0 Å². The van der Waals surface area contributed by atoms with Gasteiger partial charge in [-0.3, -0.25) is 4.68 Å². The van der Waals surface area contributed by atoms with Gasteiger partial charge in [-0.25, -0.2) is 20.1 Å². The molecule has 0 saturated heterocycles. The van der Waals surface area contributed by atoms with E-state index in [9.17, 15) is 4.39 Å². The molecule has 8 nitrogen and oxygen atoms in total. The van der Waals surface area contributed by atoms with Crippen molar-refractivity contribution < 1.29 is 4.39 Å². The fourth-order valence-corrected chi connectivity index (χ4v) is 2.35. The summed E-state index contributed by atoms with van der Waals surface area (Å²) in [5.41, 5.74) is 5.59. The molecule has 0 atom stereocenters. The second-order valence-corrected chi connectivity index (χ2v) is 5.33. The molecule has 3 rings (SSSR count). The highest BCUT2D eigenvalue weighted by Gasteiger charge is 2.09. The van der Waals surface area contributed by atoms with Crippen LogP contribution in [0.1, 0.15) is 25.1 Å². The predicted molar refractivity (Wildman–Crippen MR) is 92.7 cm³/mol. The zero-order valence-electron chi connectivity index (χ0n) is 14.3. The van der Waals surface area contributed by atoms with Crippen LogP contribution < -0.4 is 5.43 Å². The van der Waals surface area contributed by atoms with Gasteiger partial charge in [-0.15, -0.1) is 0 Å². The first-order chi connectivity index (χ1) is 12.1. The van der Waals surface area contributed by atoms with Crippen molar-refractivity contribution >= 4 is 12.2 Å². The van der Waals surface area contributed by atoms with Gasteiger partial charge < -0.3 is 0 Å². The molecule has 9 heteroatoms. The topological polar surface area (TPSA) is 85.8 Å². The van der Waals surface area contributed by atoms with Crippen molar-refractivity contribution in [3.05, 3.63) is 41.9 Å². The molecule has 0 aliphatic carbocycles. The highest BCUT2D eigenvalue weighted by molar-refractivity contribution is 5.79. The van der Waals surface area contributed by atoms with Gasteiger partial charge in [-0.1, -0.05) is 0 Å². The van der Waals surface area contributed by atoms with Crippen LogP contribution in [-0.2, 0) is 13.1 Å². The first-order valence-corrected chi connectivity index (χ1v) is 8.00. The molecule has 0 aliphatic heterocycles. The minimum atomic E-state index is -0.426. The lowest BCUT2D eigenvalue weighted by molar-refractivity contribution is 0.470. The van der Waals surface area contributed by atoms with Crippen LogP contribution in [0.5, 0.6) is 0 Å². The standard InChI is InChI=1S/C16H19FN8/c1-4-24-10-13(11(3)23-24)14-6-7-18-16(21-14)22-19-8-12-9-20-25(5-2)15(12)17/h6-10H,4-5H2,1-3H3,(H,18,21,22)/b19-8+. The summed E-state index contributed by atoms with van der Waals surface area (Å²) in [6.07, 6.45) is 6.35. The summed E-state index contributed by atoms with van der Waals surface area (Å²) in [5, 5.41) is 12.3. The van der Waals surface area contributed by atoms with Crippen LogP contribution in [0.2, 0.25) is 0 Å².